The van der Waals surface area contributed by atoms with E-state index in [1.807, 2.05) is 6.07 Å². The van der Waals surface area contributed by atoms with Gasteiger partial charge in [-0.05, 0) is 5.92 Å². The highest BCUT2D eigenvalue weighted by Gasteiger charge is 2.28. The van der Waals surface area contributed by atoms with Crippen LogP contribution in [-0.4, -0.2) is 27.6 Å². The Bertz CT molecular complexity index is 656. The molecule has 1 unspecified atom stereocenters. The average molecular weight is 376 g/mol. The van der Waals surface area contributed by atoms with E-state index in [0.717, 1.165) is 42.2 Å². The van der Waals surface area contributed by atoms with Gasteiger partial charge >= 0.3 is 0 Å². The molecule has 0 aliphatic carbocycles. The number of imidazole rings is 1. The fourth-order valence-electron chi connectivity index (χ4n) is 2.65. The molecular formula is C15H23Cl2N5O2. The van der Waals surface area contributed by atoms with Crippen LogP contribution in [0.5, 0.6) is 0 Å². The minimum absolute atomic E-state index is 0. The first-order valence-electron chi connectivity index (χ1n) is 7.61. The molecule has 1 aliphatic heterocycles. The van der Waals surface area contributed by atoms with Gasteiger partial charge in [0.2, 0.25) is 5.91 Å². The second-order valence-electron chi connectivity index (χ2n) is 6.00. The highest BCUT2D eigenvalue weighted by molar-refractivity contribution is 5.85. The van der Waals surface area contributed by atoms with Crippen molar-refractivity contribution in [3.05, 3.63) is 35.2 Å². The van der Waals surface area contributed by atoms with E-state index in [-0.39, 0.29) is 30.7 Å². The Labute approximate surface area is 153 Å². The Morgan fingerprint density at radius 3 is 3.00 bits per heavy atom. The van der Waals surface area contributed by atoms with Crippen LogP contribution in [0.4, 0.5) is 0 Å². The SMILES string of the molecule is CC(C)Cc1cc(CNC(=O)C2NCCc3[nH]cnc32)no1.Cl.Cl. The van der Waals surface area contributed by atoms with Crippen LogP contribution in [-0.2, 0) is 24.2 Å². The minimum atomic E-state index is -0.406. The van der Waals surface area contributed by atoms with Crippen molar-refractivity contribution in [2.24, 2.45) is 5.92 Å². The molecule has 0 saturated heterocycles. The van der Waals surface area contributed by atoms with E-state index in [1.54, 1.807) is 6.33 Å². The number of carbonyl (C=O) groups excluding carboxylic acids is 1. The molecule has 0 spiro atoms. The molecule has 134 valence electrons. The van der Waals surface area contributed by atoms with Gasteiger partial charge in [0.15, 0.2) is 0 Å². The normalized spacial score (nSPS) is 16.0. The van der Waals surface area contributed by atoms with Crippen molar-refractivity contribution in [3.63, 3.8) is 0 Å². The highest BCUT2D eigenvalue weighted by atomic mass is 35.5. The lowest BCUT2D eigenvalue weighted by molar-refractivity contribution is -0.123. The maximum absolute atomic E-state index is 12.3. The molecular weight excluding hydrogens is 353 g/mol. The largest absolute Gasteiger partial charge is 0.361 e. The van der Waals surface area contributed by atoms with Crippen molar-refractivity contribution in [1.29, 1.82) is 0 Å². The molecule has 1 aliphatic rings. The van der Waals surface area contributed by atoms with Gasteiger partial charge in [0.05, 0.1) is 18.6 Å². The smallest absolute Gasteiger partial charge is 0.243 e. The van der Waals surface area contributed by atoms with Crippen molar-refractivity contribution in [2.45, 2.75) is 39.3 Å². The molecule has 0 saturated carbocycles. The quantitative estimate of drug-likeness (QED) is 0.741. The van der Waals surface area contributed by atoms with Crippen LogP contribution in [0, 0.1) is 5.92 Å². The molecule has 9 heteroatoms. The van der Waals surface area contributed by atoms with Crippen LogP contribution in [0.2, 0.25) is 0 Å². The number of aromatic amines is 1. The molecule has 7 nitrogen and oxygen atoms in total. The number of hydrogen-bond donors (Lipinski definition) is 3. The van der Waals surface area contributed by atoms with Crippen LogP contribution in [0.15, 0.2) is 16.9 Å². The van der Waals surface area contributed by atoms with Crippen molar-refractivity contribution < 1.29 is 9.32 Å². The third kappa shape index (κ3) is 4.72. The first-order chi connectivity index (χ1) is 10.6. The van der Waals surface area contributed by atoms with Gasteiger partial charge in [-0.1, -0.05) is 19.0 Å². The summed E-state index contributed by atoms with van der Waals surface area (Å²) in [5.74, 6) is 1.27. The Kier molecular flexibility index (Phi) is 7.72. The van der Waals surface area contributed by atoms with Crippen LogP contribution in [0.25, 0.3) is 0 Å². The molecule has 0 aromatic carbocycles. The number of amides is 1. The van der Waals surface area contributed by atoms with Gasteiger partial charge in [-0.25, -0.2) is 4.98 Å². The second kappa shape index (κ2) is 9.05. The summed E-state index contributed by atoms with van der Waals surface area (Å²) in [6, 6.07) is 1.49. The summed E-state index contributed by atoms with van der Waals surface area (Å²) < 4.78 is 5.26. The molecule has 0 bridgehead atoms. The summed E-state index contributed by atoms with van der Waals surface area (Å²) >= 11 is 0. The monoisotopic (exact) mass is 375 g/mol. The molecule has 3 heterocycles. The lowest BCUT2D eigenvalue weighted by Crippen LogP contribution is -2.41. The number of hydrogen-bond acceptors (Lipinski definition) is 5. The van der Waals surface area contributed by atoms with Crippen molar-refractivity contribution in [3.8, 4) is 0 Å². The molecule has 1 amide bonds. The number of fused-ring (bicyclic) bond motifs is 1. The molecule has 0 fully saturated rings. The second-order valence-corrected chi connectivity index (χ2v) is 6.00. The zero-order valence-electron chi connectivity index (χ0n) is 13.7. The predicted molar refractivity (Wildman–Crippen MR) is 94.4 cm³/mol. The number of nitrogens with zero attached hydrogens (tertiary/aromatic N) is 2. The van der Waals surface area contributed by atoms with Crippen LogP contribution < -0.4 is 10.6 Å². The van der Waals surface area contributed by atoms with Gasteiger partial charge in [-0.2, -0.15) is 0 Å². The van der Waals surface area contributed by atoms with Gasteiger partial charge in [-0.15, -0.1) is 24.8 Å². The van der Waals surface area contributed by atoms with Crippen molar-refractivity contribution in [1.82, 2.24) is 25.8 Å². The third-order valence-electron chi connectivity index (χ3n) is 3.67. The zero-order chi connectivity index (χ0) is 15.5. The summed E-state index contributed by atoms with van der Waals surface area (Å²) in [5.41, 5.74) is 2.55. The van der Waals surface area contributed by atoms with Gasteiger partial charge in [0, 0.05) is 31.1 Å². The molecule has 2 aromatic heterocycles. The van der Waals surface area contributed by atoms with E-state index in [4.69, 9.17) is 4.52 Å². The molecule has 3 rings (SSSR count). The molecule has 0 radical (unpaired) electrons. The van der Waals surface area contributed by atoms with E-state index in [9.17, 15) is 4.79 Å². The summed E-state index contributed by atoms with van der Waals surface area (Å²) in [4.78, 5) is 19.6. The van der Waals surface area contributed by atoms with Crippen LogP contribution in [0.1, 0.15) is 42.7 Å². The number of aromatic nitrogens is 3. The Morgan fingerprint density at radius 1 is 1.46 bits per heavy atom. The van der Waals surface area contributed by atoms with Gasteiger partial charge < -0.3 is 20.1 Å². The third-order valence-corrected chi connectivity index (χ3v) is 3.67. The van der Waals surface area contributed by atoms with E-state index in [0.29, 0.717) is 12.5 Å². The lowest BCUT2D eigenvalue weighted by atomic mass is 10.1. The minimum Gasteiger partial charge on any atom is -0.361 e. The fraction of sp³-hybridized carbons (Fsp3) is 0.533. The number of rotatable bonds is 5. The first kappa shape index (κ1) is 20.5. The number of halogens is 2. The van der Waals surface area contributed by atoms with Gasteiger partial charge in [0.1, 0.15) is 17.5 Å². The number of H-pyrrole nitrogens is 1. The maximum atomic E-state index is 12.3. The summed E-state index contributed by atoms with van der Waals surface area (Å²) in [7, 11) is 0. The highest BCUT2D eigenvalue weighted by Crippen LogP contribution is 2.19. The topological polar surface area (TPSA) is 95.8 Å². The fourth-order valence-corrected chi connectivity index (χ4v) is 2.65. The Hall–Kier alpha value is -1.57. The standard InChI is InChI=1S/C15H21N5O2.2ClH/c1-9(2)5-11-6-10(20-22-11)7-17-15(21)14-13-12(3-4-16-14)18-8-19-13;;/h6,8-9,14,16H,3-5,7H2,1-2H3,(H,17,21)(H,18,19);2*1H. The van der Waals surface area contributed by atoms with Gasteiger partial charge in [-0.3, -0.25) is 4.79 Å². The molecule has 1 atom stereocenters. The maximum Gasteiger partial charge on any atom is 0.243 e. The Morgan fingerprint density at radius 2 is 2.25 bits per heavy atom. The summed E-state index contributed by atoms with van der Waals surface area (Å²) in [6.07, 6.45) is 3.34. The van der Waals surface area contributed by atoms with Crippen molar-refractivity contribution >= 4 is 30.7 Å². The van der Waals surface area contributed by atoms with Crippen molar-refractivity contribution in [2.75, 3.05) is 6.54 Å². The zero-order valence-corrected chi connectivity index (χ0v) is 15.3. The first-order valence-corrected chi connectivity index (χ1v) is 7.61. The van der Waals surface area contributed by atoms with E-state index in [2.05, 4.69) is 39.6 Å². The van der Waals surface area contributed by atoms with Gasteiger partial charge in [0.25, 0.3) is 0 Å². The molecule has 2 aromatic rings. The lowest BCUT2D eigenvalue weighted by Gasteiger charge is -2.21. The van der Waals surface area contributed by atoms with E-state index >= 15 is 0 Å². The Balaban J connectivity index is 0.00000144. The molecule has 3 N–H and O–H groups in total. The van der Waals surface area contributed by atoms with E-state index in [1.165, 1.54) is 0 Å². The average Bonchev–Trinajstić information content (AvgIpc) is 3.12. The van der Waals surface area contributed by atoms with Crippen LogP contribution >= 0.6 is 24.8 Å². The van der Waals surface area contributed by atoms with E-state index < -0.39 is 6.04 Å². The summed E-state index contributed by atoms with van der Waals surface area (Å²) in [6.45, 7) is 5.37. The summed E-state index contributed by atoms with van der Waals surface area (Å²) in [5, 5.41) is 10.1. The predicted octanol–water partition coefficient (Wildman–Crippen LogP) is 1.94. The number of carbonyl (C=O) groups is 1. The molecule has 24 heavy (non-hydrogen) atoms. The number of nitrogens with one attached hydrogen (secondary N) is 3. The van der Waals surface area contributed by atoms with Crippen LogP contribution in [0.3, 0.4) is 0 Å².